The largest absolute Gasteiger partial charge is 0.352 e. The second-order valence-corrected chi connectivity index (χ2v) is 7.50. The lowest BCUT2D eigenvalue weighted by molar-refractivity contribution is -0.121. The maximum atomic E-state index is 11.9. The zero-order valence-electron chi connectivity index (χ0n) is 17.2. The molecule has 0 aliphatic heterocycles. The highest BCUT2D eigenvalue weighted by Gasteiger charge is 2.13. The van der Waals surface area contributed by atoms with Crippen molar-refractivity contribution in [2.45, 2.75) is 46.3 Å². The summed E-state index contributed by atoms with van der Waals surface area (Å²) in [6.07, 6.45) is 3.79. The lowest BCUT2D eigenvalue weighted by atomic mass is 10.1. The Kier molecular flexibility index (Phi) is 9.44. The highest BCUT2D eigenvalue weighted by Crippen LogP contribution is 2.08. The van der Waals surface area contributed by atoms with Gasteiger partial charge in [0.1, 0.15) is 5.82 Å². The number of rotatable bonds is 6. The van der Waals surface area contributed by atoms with Crippen LogP contribution in [0, 0.1) is 6.92 Å². The van der Waals surface area contributed by atoms with Gasteiger partial charge in [0, 0.05) is 38.1 Å². The van der Waals surface area contributed by atoms with Crippen molar-refractivity contribution in [1.29, 1.82) is 0 Å². The van der Waals surface area contributed by atoms with Gasteiger partial charge >= 0.3 is 0 Å². The standard InChI is InChI=1S/C20H30N6O.HI/c1-15-22-9-10-26(15)14-17-8-6-7-16(11-17)12-23-19(21-5)24-13-18(27)25-20(2,3)4;/h6-11H,12-14H2,1-5H3,(H,25,27)(H2,21,23,24);1H. The first-order valence-corrected chi connectivity index (χ1v) is 9.08. The summed E-state index contributed by atoms with van der Waals surface area (Å²) in [4.78, 5) is 20.3. The number of aromatic nitrogens is 2. The molecule has 7 nitrogen and oxygen atoms in total. The van der Waals surface area contributed by atoms with E-state index in [1.165, 1.54) is 5.56 Å². The van der Waals surface area contributed by atoms with Gasteiger partial charge in [-0.15, -0.1) is 24.0 Å². The number of amides is 1. The molecule has 3 N–H and O–H groups in total. The van der Waals surface area contributed by atoms with E-state index in [0.29, 0.717) is 12.5 Å². The van der Waals surface area contributed by atoms with Crippen LogP contribution in [0.25, 0.3) is 0 Å². The zero-order valence-corrected chi connectivity index (χ0v) is 19.6. The number of benzene rings is 1. The van der Waals surface area contributed by atoms with E-state index in [9.17, 15) is 4.79 Å². The number of halogens is 1. The van der Waals surface area contributed by atoms with Crippen molar-refractivity contribution in [2.75, 3.05) is 13.6 Å². The number of imidazole rings is 1. The van der Waals surface area contributed by atoms with Gasteiger partial charge in [-0.3, -0.25) is 9.79 Å². The summed E-state index contributed by atoms with van der Waals surface area (Å²) in [7, 11) is 1.69. The molecule has 1 aromatic carbocycles. The van der Waals surface area contributed by atoms with Crippen LogP contribution >= 0.6 is 24.0 Å². The molecule has 2 aromatic rings. The van der Waals surface area contributed by atoms with Crippen LogP contribution in [0.5, 0.6) is 0 Å². The average Bonchev–Trinajstić information content (AvgIpc) is 2.99. The quantitative estimate of drug-likeness (QED) is 0.325. The van der Waals surface area contributed by atoms with E-state index < -0.39 is 0 Å². The fourth-order valence-electron chi connectivity index (χ4n) is 2.64. The van der Waals surface area contributed by atoms with Gasteiger partial charge in [-0.25, -0.2) is 4.98 Å². The fraction of sp³-hybridized carbons (Fsp3) is 0.450. The van der Waals surface area contributed by atoms with E-state index in [2.05, 4.69) is 48.7 Å². The van der Waals surface area contributed by atoms with E-state index in [0.717, 1.165) is 17.9 Å². The van der Waals surface area contributed by atoms with Crippen molar-refractivity contribution < 1.29 is 4.79 Å². The van der Waals surface area contributed by atoms with Gasteiger partial charge in [0.15, 0.2) is 5.96 Å². The molecule has 0 saturated heterocycles. The van der Waals surface area contributed by atoms with Gasteiger partial charge in [-0.05, 0) is 38.8 Å². The van der Waals surface area contributed by atoms with Gasteiger partial charge in [0.05, 0.1) is 6.54 Å². The molecule has 1 heterocycles. The smallest absolute Gasteiger partial charge is 0.239 e. The Morgan fingerprint density at radius 2 is 1.93 bits per heavy atom. The third kappa shape index (κ3) is 8.28. The van der Waals surface area contributed by atoms with Gasteiger partial charge in [0.2, 0.25) is 5.91 Å². The monoisotopic (exact) mass is 498 g/mol. The Balaban J connectivity index is 0.00000392. The normalized spacial score (nSPS) is 11.5. The van der Waals surface area contributed by atoms with Crippen LogP contribution in [0.15, 0.2) is 41.7 Å². The Morgan fingerprint density at radius 1 is 1.21 bits per heavy atom. The SMILES string of the molecule is CN=C(NCC(=O)NC(C)(C)C)NCc1cccc(Cn2ccnc2C)c1.I. The molecule has 0 radical (unpaired) electrons. The second-order valence-electron chi connectivity index (χ2n) is 7.50. The number of nitrogens with zero attached hydrogens (tertiary/aromatic N) is 3. The van der Waals surface area contributed by atoms with Crippen molar-refractivity contribution in [1.82, 2.24) is 25.5 Å². The van der Waals surface area contributed by atoms with Crippen LogP contribution in [0.1, 0.15) is 37.7 Å². The molecule has 0 spiro atoms. The molecule has 0 fully saturated rings. The first kappa shape index (κ1) is 23.9. The number of guanidine groups is 1. The van der Waals surface area contributed by atoms with Gasteiger partial charge < -0.3 is 20.5 Å². The topological polar surface area (TPSA) is 83.3 Å². The van der Waals surface area contributed by atoms with E-state index in [-0.39, 0.29) is 42.0 Å². The first-order chi connectivity index (χ1) is 12.8. The molecule has 0 saturated carbocycles. The molecule has 1 aromatic heterocycles. The minimum absolute atomic E-state index is 0. The number of nitrogens with one attached hydrogen (secondary N) is 3. The lowest BCUT2D eigenvalue weighted by Crippen LogP contribution is -2.48. The van der Waals surface area contributed by atoms with Crippen molar-refractivity contribution >= 4 is 35.8 Å². The summed E-state index contributed by atoms with van der Waals surface area (Å²) in [5.74, 6) is 1.52. The third-order valence-electron chi connectivity index (χ3n) is 3.88. The Labute approximate surface area is 184 Å². The molecular formula is C20H31IN6O. The molecule has 28 heavy (non-hydrogen) atoms. The minimum Gasteiger partial charge on any atom is -0.352 e. The number of aliphatic imine (C=N–C) groups is 1. The first-order valence-electron chi connectivity index (χ1n) is 9.08. The number of carbonyl (C=O) groups excluding carboxylic acids is 1. The van der Waals surface area contributed by atoms with E-state index in [1.54, 1.807) is 7.05 Å². The van der Waals surface area contributed by atoms with E-state index in [4.69, 9.17) is 0 Å². The highest BCUT2D eigenvalue weighted by molar-refractivity contribution is 14.0. The summed E-state index contributed by atoms with van der Waals surface area (Å²) >= 11 is 0. The van der Waals surface area contributed by atoms with Crippen LogP contribution < -0.4 is 16.0 Å². The summed E-state index contributed by atoms with van der Waals surface area (Å²) < 4.78 is 2.11. The second kappa shape index (κ2) is 11.0. The molecule has 154 valence electrons. The molecule has 2 rings (SSSR count). The van der Waals surface area contributed by atoms with E-state index in [1.807, 2.05) is 46.2 Å². The molecule has 0 atom stereocenters. The van der Waals surface area contributed by atoms with E-state index >= 15 is 0 Å². The molecule has 0 bridgehead atoms. The predicted molar refractivity (Wildman–Crippen MR) is 124 cm³/mol. The van der Waals surface area contributed by atoms with Crippen molar-refractivity contribution in [3.8, 4) is 0 Å². The van der Waals surface area contributed by atoms with Crippen molar-refractivity contribution in [2.24, 2.45) is 4.99 Å². The van der Waals surface area contributed by atoms with Gasteiger partial charge in [-0.1, -0.05) is 24.3 Å². The lowest BCUT2D eigenvalue weighted by Gasteiger charge is -2.21. The molecule has 0 aliphatic rings. The average molecular weight is 498 g/mol. The molecule has 1 amide bonds. The predicted octanol–water partition coefficient (Wildman–Crippen LogP) is 2.44. The Morgan fingerprint density at radius 3 is 2.54 bits per heavy atom. The molecular weight excluding hydrogens is 467 g/mol. The zero-order chi connectivity index (χ0) is 19.9. The Bertz CT molecular complexity index is 794. The van der Waals surface area contributed by atoms with Gasteiger partial charge in [0.25, 0.3) is 0 Å². The molecule has 8 heteroatoms. The van der Waals surface area contributed by atoms with Crippen LogP contribution in [0.4, 0.5) is 0 Å². The van der Waals surface area contributed by atoms with Crippen LogP contribution in [-0.2, 0) is 17.9 Å². The Hall–Kier alpha value is -2.10. The fourth-order valence-corrected chi connectivity index (χ4v) is 2.64. The third-order valence-corrected chi connectivity index (χ3v) is 3.88. The number of hydrogen-bond acceptors (Lipinski definition) is 3. The van der Waals surface area contributed by atoms with Crippen LogP contribution in [0.3, 0.4) is 0 Å². The van der Waals surface area contributed by atoms with Crippen LogP contribution in [0.2, 0.25) is 0 Å². The van der Waals surface area contributed by atoms with Crippen molar-refractivity contribution in [3.05, 3.63) is 53.6 Å². The molecule has 0 aliphatic carbocycles. The summed E-state index contributed by atoms with van der Waals surface area (Å²) in [6, 6.07) is 8.38. The van der Waals surface area contributed by atoms with Gasteiger partial charge in [-0.2, -0.15) is 0 Å². The van der Waals surface area contributed by atoms with Crippen LogP contribution in [-0.4, -0.2) is 40.5 Å². The summed E-state index contributed by atoms with van der Waals surface area (Å²) in [5, 5.41) is 9.19. The maximum absolute atomic E-state index is 11.9. The number of aryl methyl sites for hydroxylation is 1. The number of hydrogen-bond donors (Lipinski definition) is 3. The van der Waals surface area contributed by atoms with Crippen molar-refractivity contribution in [3.63, 3.8) is 0 Å². The minimum atomic E-state index is -0.246. The number of carbonyl (C=O) groups is 1. The summed E-state index contributed by atoms with van der Waals surface area (Å²) in [6.45, 7) is 9.45. The summed E-state index contributed by atoms with van der Waals surface area (Å²) in [5.41, 5.74) is 2.11. The highest BCUT2D eigenvalue weighted by atomic mass is 127. The molecule has 0 unspecified atom stereocenters. The maximum Gasteiger partial charge on any atom is 0.239 e.